The first kappa shape index (κ1) is 21.1. The van der Waals surface area contributed by atoms with E-state index in [0.29, 0.717) is 61.1 Å². The molecule has 0 amide bonds. The van der Waals surface area contributed by atoms with Gasteiger partial charge in [0.1, 0.15) is 11.5 Å². The van der Waals surface area contributed by atoms with Crippen LogP contribution in [0.2, 0.25) is 0 Å². The molecule has 32 heavy (non-hydrogen) atoms. The summed E-state index contributed by atoms with van der Waals surface area (Å²) in [4.78, 5) is 11.0. The number of benzene rings is 1. The lowest BCUT2D eigenvalue weighted by molar-refractivity contribution is 0.122. The normalized spacial score (nSPS) is 17.4. The molecule has 2 aromatic heterocycles. The van der Waals surface area contributed by atoms with Crippen molar-refractivity contribution < 1.29 is 13.5 Å². The van der Waals surface area contributed by atoms with E-state index < -0.39 is 0 Å². The fourth-order valence-corrected chi connectivity index (χ4v) is 4.96. The molecule has 3 aromatic rings. The van der Waals surface area contributed by atoms with Crippen LogP contribution < -0.4 is 10.2 Å². The largest absolute Gasteiger partial charge is 0.378 e. The quantitative estimate of drug-likeness (QED) is 0.558. The molecule has 170 valence electrons. The fraction of sp³-hybridized carbons (Fsp3) is 0.500. The molecule has 2 aliphatic rings. The number of hydrogen-bond donors (Lipinski definition) is 1. The Kier molecular flexibility index (Phi) is 5.95. The molecular formula is C24H29F2N5O. The van der Waals surface area contributed by atoms with Gasteiger partial charge in [0.25, 0.3) is 0 Å². The molecule has 1 saturated heterocycles. The van der Waals surface area contributed by atoms with Crippen LogP contribution in [0.4, 0.5) is 26.1 Å². The van der Waals surface area contributed by atoms with Crippen LogP contribution in [0.25, 0.3) is 11.0 Å². The van der Waals surface area contributed by atoms with E-state index in [1.54, 1.807) is 12.3 Å². The number of anilines is 3. The molecule has 1 saturated carbocycles. The number of ether oxygens (including phenoxy) is 1. The molecule has 2 fully saturated rings. The lowest BCUT2D eigenvalue weighted by Crippen LogP contribution is -2.36. The van der Waals surface area contributed by atoms with Gasteiger partial charge in [0, 0.05) is 31.0 Å². The summed E-state index contributed by atoms with van der Waals surface area (Å²) in [7, 11) is 0. The molecule has 6 nitrogen and oxygen atoms in total. The van der Waals surface area contributed by atoms with Gasteiger partial charge in [-0.15, -0.1) is 0 Å². The van der Waals surface area contributed by atoms with Gasteiger partial charge < -0.3 is 19.5 Å². The van der Waals surface area contributed by atoms with E-state index in [1.807, 2.05) is 11.0 Å². The van der Waals surface area contributed by atoms with E-state index in [-0.39, 0.29) is 17.7 Å². The van der Waals surface area contributed by atoms with Gasteiger partial charge in [-0.3, -0.25) is 0 Å². The number of nitrogens with zero attached hydrogens (tertiary/aromatic N) is 4. The summed E-state index contributed by atoms with van der Waals surface area (Å²) in [5.41, 5.74) is 2.48. The van der Waals surface area contributed by atoms with Crippen LogP contribution in [0.3, 0.4) is 0 Å². The third-order valence-corrected chi connectivity index (χ3v) is 6.51. The molecule has 0 unspecified atom stereocenters. The molecule has 0 radical (unpaired) electrons. The van der Waals surface area contributed by atoms with Crippen LogP contribution in [0.1, 0.15) is 50.8 Å². The van der Waals surface area contributed by atoms with Crippen molar-refractivity contribution in [3.8, 4) is 0 Å². The first-order valence-electron chi connectivity index (χ1n) is 11.6. The molecule has 0 spiro atoms. The predicted molar refractivity (Wildman–Crippen MR) is 122 cm³/mol. The summed E-state index contributed by atoms with van der Waals surface area (Å²) in [5.74, 6) is -0.166. The Morgan fingerprint density at radius 2 is 1.94 bits per heavy atom. The molecule has 5 rings (SSSR count). The zero-order valence-corrected chi connectivity index (χ0v) is 18.4. The summed E-state index contributed by atoms with van der Waals surface area (Å²) in [6, 6.07) is 5.32. The highest BCUT2D eigenvalue weighted by atomic mass is 19.1. The zero-order valence-electron chi connectivity index (χ0n) is 18.4. The third-order valence-electron chi connectivity index (χ3n) is 6.51. The highest BCUT2D eigenvalue weighted by molar-refractivity contribution is 5.79. The van der Waals surface area contributed by atoms with Gasteiger partial charge in [-0.2, -0.15) is 4.98 Å². The van der Waals surface area contributed by atoms with E-state index in [2.05, 4.69) is 26.8 Å². The Hall–Kier alpha value is -2.74. The van der Waals surface area contributed by atoms with Crippen LogP contribution >= 0.6 is 0 Å². The Bertz CT molecular complexity index is 1100. The van der Waals surface area contributed by atoms with Crippen LogP contribution in [-0.2, 0) is 11.2 Å². The topological polar surface area (TPSA) is 55.2 Å². The molecular weight excluding hydrogens is 412 g/mol. The maximum absolute atomic E-state index is 15.2. The summed E-state index contributed by atoms with van der Waals surface area (Å²) < 4.78 is 37.4. The van der Waals surface area contributed by atoms with Gasteiger partial charge in [-0.1, -0.05) is 26.2 Å². The summed E-state index contributed by atoms with van der Waals surface area (Å²) in [6.45, 7) is 4.61. The number of halogens is 2. The SMILES string of the molecule is CCCc1c(F)c2cnc(Nc3ccc(N4CCOCC4)c(F)c3)nc2n1C1CCCC1. The Morgan fingerprint density at radius 3 is 2.66 bits per heavy atom. The van der Waals surface area contributed by atoms with Crippen molar-refractivity contribution >= 4 is 28.4 Å². The maximum atomic E-state index is 15.2. The zero-order chi connectivity index (χ0) is 22.1. The minimum atomic E-state index is -0.302. The minimum absolute atomic E-state index is 0.207. The number of aromatic nitrogens is 3. The van der Waals surface area contributed by atoms with E-state index >= 15 is 4.39 Å². The number of fused-ring (bicyclic) bond motifs is 1. The van der Waals surface area contributed by atoms with Gasteiger partial charge >= 0.3 is 0 Å². The lowest BCUT2D eigenvalue weighted by atomic mass is 10.2. The molecule has 3 heterocycles. The average molecular weight is 442 g/mol. The number of rotatable bonds is 6. The van der Waals surface area contributed by atoms with Crippen molar-refractivity contribution in [2.24, 2.45) is 0 Å². The standard InChI is InChI=1S/C24H29F2N5O/c1-2-5-21-22(26)18-15-27-24(29-23(18)31(21)17-6-3-4-7-17)28-16-8-9-20(19(25)14-16)30-10-12-32-13-11-30/h8-9,14-15,17H,2-7,10-13H2,1H3,(H,27,28,29). The van der Waals surface area contributed by atoms with Crippen molar-refractivity contribution in [3.63, 3.8) is 0 Å². The lowest BCUT2D eigenvalue weighted by Gasteiger charge is -2.29. The van der Waals surface area contributed by atoms with Crippen molar-refractivity contribution in [1.29, 1.82) is 0 Å². The summed E-state index contributed by atoms with van der Waals surface area (Å²) >= 11 is 0. The maximum Gasteiger partial charge on any atom is 0.229 e. The van der Waals surface area contributed by atoms with E-state index in [4.69, 9.17) is 4.74 Å². The van der Waals surface area contributed by atoms with Crippen LogP contribution in [0.15, 0.2) is 24.4 Å². The Morgan fingerprint density at radius 1 is 1.16 bits per heavy atom. The monoisotopic (exact) mass is 441 g/mol. The second kappa shape index (κ2) is 9.02. The highest BCUT2D eigenvalue weighted by Crippen LogP contribution is 2.36. The van der Waals surface area contributed by atoms with Crippen LogP contribution in [0.5, 0.6) is 0 Å². The summed E-state index contributed by atoms with van der Waals surface area (Å²) in [6.07, 6.45) is 7.48. The number of morpholine rings is 1. The van der Waals surface area contributed by atoms with Crippen LogP contribution in [-0.4, -0.2) is 40.8 Å². The van der Waals surface area contributed by atoms with E-state index in [9.17, 15) is 4.39 Å². The molecule has 1 aliphatic carbocycles. The third kappa shape index (κ3) is 3.92. The van der Waals surface area contributed by atoms with Gasteiger partial charge in [-0.05, 0) is 37.5 Å². The molecule has 1 aliphatic heterocycles. The summed E-state index contributed by atoms with van der Waals surface area (Å²) in [5, 5.41) is 3.56. The minimum Gasteiger partial charge on any atom is -0.378 e. The van der Waals surface area contributed by atoms with Gasteiger partial charge in [0.2, 0.25) is 5.95 Å². The number of hydrogen-bond acceptors (Lipinski definition) is 5. The first-order chi connectivity index (χ1) is 15.7. The second-order valence-electron chi connectivity index (χ2n) is 8.64. The van der Waals surface area contributed by atoms with Crippen LogP contribution in [0, 0.1) is 11.6 Å². The first-order valence-corrected chi connectivity index (χ1v) is 11.6. The predicted octanol–water partition coefficient (Wildman–Crippen LogP) is 5.36. The molecule has 0 bridgehead atoms. The van der Waals surface area contributed by atoms with Gasteiger partial charge in [0.05, 0.1) is 30.0 Å². The van der Waals surface area contributed by atoms with Crippen molar-refractivity contribution in [3.05, 3.63) is 41.7 Å². The molecule has 8 heteroatoms. The van der Waals surface area contributed by atoms with Crippen molar-refractivity contribution in [2.75, 3.05) is 36.5 Å². The van der Waals surface area contributed by atoms with Gasteiger partial charge in [0.15, 0.2) is 5.82 Å². The fourth-order valence-electron chi connectivity index (χ4n) is 4.96. The Labute approximate surface area is 186 Å². The van der Waals surface area contributed by atoms with E-state index in [1.165, 1.54) is 6.07 Å². The molecule has 1 N–H and O–H groups in total. The number of nitrogens with one attached hydrogen (secondary N) is 1. The average Bonchev–Trinajstić information content (AvgIpc) is 3.42. The molecule has 0 atom stereocenters. The van der Waals surface area contributed by atoms with Crippen molar-refractivity contribution in [2.45, 2.75) is 51.5 Å². The smallest absolute Gasteiger partial charge is 0.229 e. The Balaban J connectivity index is 1.46. The highest BCUT2D eigenvalue weighted by Gasteiger charge is 2.26. The van der Waals surface area contributed by atoms with E-state index in [0.717, 1.165) is 37.8 Å². The van der Waals surface area contributed by atoms with Gasteiger partial charge in [-0.25, -0.2) is 13.8 Å². The second-order valence-corrected chi connectivity index (χ2v) is 8.64. The molecule has 1 aromatic carbocycles. The van der Waals surface area contributed by atoms with Crippen molar-refractivity contribution in [1.82, 2.24) is 14.5 Å².